The standard InChI is InChI=1S/C20H21N3O4S/c1-26-17-11-9-15(10-12-17)19-21-20(27-22-19)16-6-5-13-23(14-16)28(24,25)18-7-3-2-4-8-18/h2-4,7-12,16H,5-6,13-14H2,1H3/t16-/m0/s1. The first kappa shape index (κ1) is 18.6. The molecule has 0 amide bonds. The topological polar surface area (TPSA) is 85.5 Å². The number of methoxy groups -OCH3 is 1. The summed E-state index contributed by atoms with van der Waals surface area (Å²) in [7, 11) is -1.92. The van der Waals surface area contributed by atoms with E-state index in [1.807, 2.05) is 24.3 Å². The smallest absolute Gasteiger partial charge is 0.243 e. The van der Waals surface area contributed by atoms with Gasteiger partial charge >= 0.3 is 0 Å². The number of piperidine rings is 1. The molecule has 1 saturated heterocycles. The fourth-order valence-electron chi connectivity index (χ4n) is 3.36. The number of hydrogen-bond donors (Lipinski definition) is 0. The highest BCUT2D eigenvalue weighted by molar-refractivity contribution is 7.89. The zero-order valence-electron chi connectivity index (χ0n) is 15.5. The van der Waals surface area contributed by atoms with Gasteiger partial charge in [0.25, 0.3) is 0 Å². The van der Waals surface area contributed by atoms with Crippen molar-refractivity contribution >= 4 is 10.0 Å². The van der Waals surface area contributed by atoms with Crippen LogP contribution in [0.15, 0.2) is 64.0 Å². The molecule has 0 aliphatic carbocycles. The number of sulfonamides is 1. The van der Waals surface area contributed by atoms with Gasteiger partial charge in [0.1, 0.15) is 5.75 Å². The maximum absolute atomic E-state index is 12.9. The first-order valence-electron chi connectivity index (χ1n) is 9.11. The van der Waals surface area contributed by atoms with Crippen LogP contribution < -0.4 is 4.74 Å². The summed E-state index contributed by atoms with van der Waals surface area (Å²) in [5.41, 5.74) is 0.820. The molecule has 0 spiro atoms. The van der Waals surface area contributed by atoms with Crippen molar-refractivity contribution in [1.82, 2.24) is 14.4 Å². The Morgan fingerprint density at radius 2 is 1.86 bits per heavy atom. The second-order valence-electron chi connectivity index (χ2n) is 6.70. The van der Waals surface area contributed by atoms with Crippen molar-refractivity contribution < 1.29 is 17.7 Å². The van der Waals surface area contributed by atoms with Crippen LogP contribution in [0.3, 0.4) is 0 Å². The van der Waals surface area contributed by atoms with Gasteiger partial charge < -0.3 is 9.26 Å². The van der Waals surface area contributed by atoms with E-state index in [1.54, 1.807) is 37.4 Å². The van der Waals surface area contributed by atoms with Crippen LogP contribution in [-0.2, 0) is 10.0 Å². The summed E-state index contributed by atoms with van der Waals surface area (Å²) in [4.78, 5) is 4.81. The Kier molecular flexibility index (Phi) is 5.15. The molecule has 0 N–H and O–H groups in total. The van der Waals surface area contributed by atoms with Crippen molar-refractivity contribution in [3.8, 4) is 17.1 Å². The molecule has 0 bridgehead atoms. The van der Waals surface area contributed by atoms with E-state index < -0.39 is 10.0 Å². The summed E-state index contributed by atoms with van der Waals surface area (Å²) >= 11 is 0. The number of hydrogen-bond acceptors (Lipinski definition) is 6. The van der Waals surface area contributed by atoms with Gasteiger partial charge in [-0.3, -0.25) is 0 Å². The minimum Gasteiger partial charge on any atom is -0.497 e. The van der Waals surface area contributed by atoms with E-state index in [9.17, 15) is 8.42 Å². The van der Waals surface area contributed by atoms with Gasteiger partial charge in [-0.25, -0.2) is 8.42 Å². The third kappa shape index (κ3) is 3.65. The highest BCUT2D eigenvalue weighted by Crippen LogP contribution is 2.30. The lowest BCUT2D eigenvalue weighted by atomic mass is 10.00. The minimum absolute atomic E-state index is 0.119. The van der Waals surface area contributed by atoms with Gasteiger partial charge in [0, 0.05) is 18.7 Å². The van der Waals surface area contributed by atoms with Crippen molar-refractivity contribution in [1.29, 1.82) is 0 Å². The molecule has 1 aliphatic rings. The van der Waals surface area contributed by atoms with E-state index in [0.29, 0.717) is 29.7 Å². The Hall–Kier alpha value is -2.71. The van der Waals surface area contributed by atoms with Crippen LogP contribution in [0.25, 0.3) is 11.4 Å². The second-order valence-corrected chi connectivity index (χ2v) is 8.64. The summed E-state index contributed by atoms with van der Waals surface area (Å²) in [6.07, 6.45) is 1.56. The summed E-state index contributed by atoms with van der Waals surface area (Å²) in [5, 5.41) is 4.07. The van der Waals surface area contributed by atoms with Crippen molar-refractivity contribution in [2.24, 2.45) is 0 Å². The Bertz CT molecular complexity index is 1030. The molecule has 7 nitrogen and oxygen atoms in total. The molecule has 0 unspecified atom stereocenters. The Morgan fingerprint density at radius 3 is 2.57 bits per heavy atom. The quantitative estimate of drug-likeness (QED) is 0.654. The fraction of sp³-hybridized carbons (Fsp3) is 0.300. The zero-order valence-corrected chi connectivity index (χ0v) is 16.3. The predicted octanol–water partition coefficient (Wildman–Crippen LogP) is 3.31. The van der Waals surface area contributed by atoms with Crippen molar-refractivity contribution in [2.75, 3.05) is 20.2 Å². The van der Waals surface area contributed by atoms with Crippen LogP contribution in [0.5, 0.6) is 5.75 Å². The average molecular weight is 399 g/mol. The van der Waals surface area contributed by atoms with Crippen LogP contribution >= 0.6 is 0 Å². The van der Waals surface area contributed by atoms with Crippen molar-refractivity contribution in [3.05, 3.63) is 60.5 Å². The van der Waals surface area contributed by atoms with Crippen LogP contribution in [0, 0.1) is 0 Å². The van der Waals surface area contributed by atoms with Gasteiger partial charge in [-0.15, -0.1) is 0 Å². The SMILES string of the molecule is COc1ccc(-c2noc([C@H]3CCCN(S(=O)(=O)c4ccccc4)C3)n2)cc1. The fourth-order valence-corrected chi connectivity index (χ4v) is 4.91. The minimum atomic E-state index is -3.53. The van der Waals surface area contributed by atoms with Crippen molar-refractivity contribution in [3.63, 3.8) is 0 Å². The molecule has 3 aromatic rings. The van der Waals surface area contributed by atoms with Gasteiger partial charge in [-0.2, -0.15) is 9.29 Å². The number of aromatic nitrogens is 2. The molecule has 1 aliphatic heterocycles. The Labute approximate surface area is 164 Å². The molecule has 0 saturated carbocycles. The summed E-state index contributed by atoms with van der Waals surface area (Å²) < 4.78 is 37.9. The molecule has 2 aromatic carbocycles. The van der Waals surface area contributed by atoms with E-state index >= 15 is 0 Å². The second kappa shape index (κ2) is 7.73. The highest BCUT2D eigenvalue weighted by atomic mass is 32.2. The molecule has 2 heterocycles. The van der Waals surface area contributed by atoms with Crippen LogP contribution in [0.1, 0.15) is 24.7 Å². The molecule has 1 atom stereocenters. The third-order valence-electron chi connectivity index (χ3n) is 4.90. The average Bonchev–Trinajstić information content (AvgIpc) is 3.25. The monoisotopic (exact) mass is 399 g/mol. The van der Waals surface area contributed by atoms with Crippen LogP contribution in [0.2, 0.25) is 0 Å². The summed E-state index contributed by atoms with van der Waals surface area (Å²) in [5.74, 6) is 1.59. The largest absolute Gasteiger partial charge is 0.497 e. The maximum Gasteiger partial charge on any atom is 0.243 e. The normalized spacial score (nSPS) is 18.1. The number of ether oxygens (including phenoxy) is 1. The highest BCUT2D eigenvalue weighted by Gasteiger charge is 2.33. The van der Waals surface area contributed by atoms with Gasteiger partial charge in [0.2, 0.25) is 21.7 Å². The summed E-state index contributed by atoms with van der Waals surface area (Å²) in [6.45, 7) is 0.828. The molecule has 4 rings (SSSR count). The Balaban J connectivity index is 1.53. The first-order chi connectivity index (χ1) is 13.6. The molecule has 146 valence electrons. The molecule has 8 heteroatoms. The molecular formula is C20H21N3O4S. The first-order valence-corrected chi connectivity index (χ1v) is 10.5. The lowest BCUT2D eigenvalue weighted by Crippen LogP contribution is -2.39. The van der Waals surface area contributed by atoms with Gasteiger partial charge in [-0.1, -0.05) is 23.4 Å². The van der Waals surface area contributed by atoms with E-state index in [0.717, 1.165) is 24.2 Å². The van der Waals surface area contributed by atoms with E-state index in [4.69, 9.17) is 9.26 Å². The van der Waals surface area contributed by atoms with Crippen LogP contribution in [0.4, 0.5) is 0 Å². The molecule has 0 radical (unpaired) electrons. The molecule has 1 fully saturated rings. The molecule has 28 heavy (non-hydrogen) atoms. The van der Waals surface area contributed by atoms with E-state index in [1.165, 1.54) is 4.31 Å². The lowest BCUT2D eigenvalue weighted by molar-refractivity contribution is 0.265. The number of nitrogens with zero attached hydrogens (tertiary/aromatic N) is 3. The van der Waals surface area contributed by atoms with Gasteiger partial charge in [0.05, 0.1) is 17.9 Å². The zero-order chi connectivity index (χ0) is 19.6. The van der Waals surface area contributed by atoms with Gasteiger partial charge in [0.15, 0.2) is 0 Å². The van der Waals surface area contributed by atoms with Gasteiger partial charge in [-0.05, 0) is 49.2 Å². The van der Waals surface area contributed by atoms with E-state index in [2.05, 4.69) is 10.1 Å². The summed E-state index contributed by atoms with van der Waals surface area (Å²) in [6, 6.07) is 15.9. The maximum atomic E-state index is 12.9. The number of benzene rings is 2. The third-order valence-corrected chi connectivity index (χ3v) is 6.78. The molecule has 1 aromatic heterocycles. The number of rotatable bonds is 5. The lowest BCUT2D eigenvalue weighted by Gasteiger charge is -2.30. The van der Waals surface area contributed by atoms with Crippen molar-refractivity contribution in [2.45, 2.75) is 23.7 Å². The van der Waals surface area contributed by atoms with E-state index in [-0.39, 0.29) is 5.92 Å². The molecular weight excluding hydrogens is 378 g/mol. The Morgan fingerprint density at radius 1 is 1.11 bits per heavy atom. The predicted molar refractivity (Wildman–Crippen MR) is 103 cm³/mol. The van der Waals surface area contributed by atoms with Crippen LogP contribution in [-0.4, -0.2) is 43.1 Å².